The number of cyclic esters (lactones) is 1. The lowest BCUT2D eigenvalue weighted by Gasteiger charge is -2.36. The molecule has 2 aliphatic rings. The Balaban J connectivity index is 1.39. The van der Waals surface area contributed by atoms with Crippen molar-refractivity contribution in [2.24, 2.45) is 5.92 Å². The van der Waals surface area contributed by atoms with E-state index < -0.39 is 22.9 Å². The molecule has 2 saturated heterocycles. The van der Waals surface area contributed by atoms with E-state index >= 15 is 0 Å². The molecule has 0 N–H and O–H groups in total. The number of ether oxygens (including phenoxy) is 1. The molecular weight excluding hydrogens is 386 g/mol. The summed E-state index contributed by atoms with van der Waals surface area (Å²) < 4.78 is 5.41. The molecule has 156 valence electrons. The SMILES string of the molecule is O=C1C[C@H](C(=O)N2CCN(Cc3ccccc3)CC2)[C@@H](c2ccc([N+](=O)[O-])cc2)O1. The van der Waals surface area contributed by atoms with Crippen LogP contribution in [0.1, 0.15) is 23.7 Å². The predicted octanol–water partition coefficient (Wildman–Crippen LogP) is 2.54. The molecule has 0 radical (unpaired) electrons. The number of hydrogen-bond acceptors (Lipinski definition) is 6. The first-order chi connectivity index (χ1) is 14.5. The van der Waals surface area contributed by atoms with Crippen molar-refractivity contribution in [3.8, 4) is 0 Å². The highest BCUT2D eigenvalue weighted by molar-refractivity contribution is 5.87. The molecule has 2 aromatic carbocycles. The minimum atomic E-state index is -0.701. The Morgan fingerprint density at radius 1 is 1.03 bits per heavy atom. The Bertz CT molecular complexity index is 924. The molecule has 2 aromatic rings. The number of nitrogens with zero attached hydrogens (tertiary/aromatic N) is 3. The minimum absolute atomic E-state index is 0.0325. The van der Waals surface area contributed by atoms with Crippen LogP contribution >= 0.6 is 0 Å². The monoisotopic (exact) mass is 409 g/mol. The third-order valence-corrected chi connectivity index (χ3v) is 5.69. The third kappa shape index (κ3) is 4.33. The van der Waals surface area contributed by atoms with Crippen molar-refractivity contribution < 1.29 is 19.2 Å². The maximum atomic E-state index is 13.1. The first-order valence-corrected chi connectivity index (χ1v) is 10.00. The van der Waals surface area contributed by atoms with Gasteiger partial charge in [0.05, 0.1) is 17.3 Å². The standard InChI is InChI=1S/C22H23N3O5/c26-20-14-19(21(30-20)17-6-8-18(9-7-17)25(28)29)22(27)24-12-10-23(11-13-24)15-16-4-2-1-3-5-16/h1-9,19,21H,10-15H2/t19-,21+/m0/s1. The van der Waals surface area contributed by atoms with Crippen LogP contribution in [-0.4, -0.2) is 52.8 Å². The van der Waals surface area contributed by atoms with Gasteiger partial charge in [0.15, 0.2) is 0 Å². The molecule has 0 aromatic heterocycles. The fourth-order valence-corrected chi connectivity index (χ4v) is 4.06. The summed E-state index contributed by atoms with van der Waals surface area (Å²) in [6.07, 6.45) is -0.668. The number of rotatable bonds is 5. The smallest absolute Gasteiger partial charge is 0.307 e. The van der Waals surface area contributed by atoms with Gasteiger partial charge in [0, 0.05) is 44.9 Å². The van der Waals surface area contributed by atoms with E-state index in [2.05, 4.69) is 17.0 Å². The van der Waals surface area contributed by atoms with E-state index in [-0.39, 0.29) is 18.0 Å². The van der Waals surface area contributed by atoms with Crippen LogP contribution in [0.2, 0.25) is 0 Å². The molecule has 8 nitrogen and oxygen atoms in total. The molecule has 30 heavy (non-hydrogen) atoms. The van der Waals surface area contributed by atoms with E-state index in [1.807, 2.05) is 18.2 Å². The second-order valence-corrected chi connectivity index (χ2v) is 7.66. The number of hydrogen-bond donors (Lipinski definition) is 0. The Hall–Kier alpha value is -3.26. The van der Waals surface area contributed by atoms with E-state index in [0.717, 1.165) is 19.6 Å². The lowest BCUT2D eigenvalue weighted by molar-refractivity contribution is -0.384. The highest BCUT2D eigenvalue weighted by Gasteiger charge is 2.43. The van der Waals surface area contributed by atoms with E-state index in [1.54, 1.807) is 17.0 Å². The predicted molar refractivity (Wildman–Crippen MR) is 108 cm³/mol. The molecule has 0 aliphatic carbocycles. The normalized spacial score (nSPS) is 22.0. The number of benzene rings is 2. The minimum Gasteiger partial charge on any atom is -0.457 e. The van der Waals surface area contributed by atoms with Gasteiger partial charge in [0.2, 0.25) is 5.91 Å². The van der Waals surface area contributed by atoms with Crippen LogP contribution in [0.3, 0.4) is 0 Å². The van der Waals surface area contributed by atoms with Gasteiger partial charge in [-0.15, -0.1) is 0 Å². The van der Waals surface area contributed by atoms with Crippen LogP contribution < -0.4 is 0 Å². The molecule has 4 rings (SSSR count). The van der Waals surface area contributed by atoms with E-state index in [0.29, 0.717) is 18.7 Å². The number of non-ortho nitro benzene ring substituents is 1. The molecular formula is C22H23N3O5. The average molecular weight is 409 g/mol. The van der Waals surface area contributed by atoms with Crippen LogP contribution in [0.4, 0.5) is 5.69 Å². The van der Waals surface area contributed by atoms with E-state index in [4.69, 9.17) is 4.74 Å². The van der Waals surface area contributed by atoms with E-state index in [9.17, 15) is 19.7 Å². The van der Waals surface area contributed by atoms with Gasteiger partial charge in [-0.3, -0.25) is 24.6 Å². The summed E-state index contributed by atoms with van der Waals surface area (Å²) in [5.74, 6) is -1.11. The van der Waals surface area contributed by atoms with Gasteiger partial charge >= 0.3 is 5.97 Å². The highest BCUT2D eigenvalue weighted by Crippen LogP contribution is 2.37. The number of amides is 1. The molecule has 2 heterocycles. The van der Waals surface area contributed by atoms with E-state index in [1.165, 1.54) is 17.7 Å². The summed E-state index contributed by atoms with van der Waals surface area (Å²) in [7, 11) is 0. The summed E-state index contributed by atoms with van der Waals surface area (Å²) in [5.41, 5.74) is 1.80. The van der Waals surface area contributed by atoms with Gasteiger partial charge in [-0.25, -0.2) is 0 Å². The number of carbonyl (C=O) groups is 2. The van der Waals surface area contributed by atoms with Crippen LogP contribution in [0.5, 0.6) is 0 Å². The van der Waals surface area contributed by atoms with Gasteiger partial charge in [0.1, 0.15) is 6.10 Å². The fraction of sp³-hybridized carbons (Fsp3) is 0.364. The number of piperazine rings is 1. The van der Waals surface area contributed by atoms with Crippen molar-refractivity contribution >= 4 is 17.6 Å². The molecule has 0 unspecified atom stereocenters. The zero-order chi connectivity index (χ0) is 21.1. The molecule has 0 spiro atoms. The zero-order valence-electron chi connectivity index (χ0n) is 16.5. The van der Waals surface area contributed by atoms with Gasteiger partial charge in [-0.1, -0.05) is 30.3 Å². The zero-order valence-corrected chi connectivity index (χ0v) is 16.5. The fourth-order valence-electron chi connectivity index (χ4n) is 4.06. The van der Waals surface area contributed by atoms with Crippen molar-refractivity contribution in [1.82, 2.24) is 9.80 Å². The first-order valence-electron chi connectivity index (χ1n) is 10.00. The van der Waals surface area contributed by atoms with Crippen molar-refractivity contribution in [3.63, 3.8) is 0 Å². The number of nitro groups is 1. The van der Waals surface area contributed by atoms with Crippen molar-refractivity contribution in [2.75, 3.05) is 26.2 Å². The number of esters is 1. The Morgan fingerprint density at radius 2 is 1.70 bits per heavy atom. The van der Waals surface area contributed by atoms with Crippen molar-refractivity contribution in [2.45, 2.75) is 19.1 Å². The second kappa shape index (κ2) is 8.62. The molecule has 2 atom stereocenters. The quantitative estimate of drug-likeness (QED) is 0.428. The maximum Gasteiger partial charge on any atom is 0.307 e. The molecule has 2 aliphatic heterocycles. The van der Waals surface area contributed by atoms with Gasteiger partial charge in [0.25, 0.3) is 5.69 Å². The Morgan fingerprint density at radius 3 is 2.33 bits per heavy atom. The first kappa shape index (κ1) is 20.0. The Kier molecular flexibility index (Phi) is 5.76. The molecule has 0 saturated carbocycles. The third-order valence-electron chi connectivity index (χ3n) is 5.69. The van der Waals surface area contributed by atoms with Gasteiger partial charge in [-0.2, -0.15) is 0 Å². The van der Waals surface area contributed by atoms with Gasteiger partial charge < -0.3 is 9.64 Å². The molecule has 1 amide bonds. The van der Waals surface area contributed by atoms with Crippen molar-refractivity contribution in [1.29, 1.82) is 0 Å². The van der Waals surface area contributed by atoms with Crippen LogP contribution in [0.25, 0.3) is 0 Å². The van der Waals surface area contributed by atoms with Crippen LogP contribution in [0, 0.1) is 16.0 Å². The maximum absolute atomic E-state index is 13.1. The molecule has 8 heteroatoms. The van der Waals surface area contributed by atoms with Crippen molar-refractivity contribution in [3.05, 3.63) is 75.8 Å². The number of carbonyl (C=O) groups excluding carboxylic acids is 2. The summed E-state index contributed by atoms with van der Waals surface area (Å²) in [5, 5.41) is 10.9. The second-order valence-electron chi connectivity index (χ2n) is 7.66. The summed E-state index contributed by atoms with van der Waals surface area (Å²) in [4.78, 5) is 39.6. The lowest BCUT2D eigenvalue weighted by Crippen LogP contribution is -2.50. The highest BCUT2D eigenvalue weighted by atomic mass is 16.6. The average Bonchev–Trinajstić information content (AvgIpc) is 3.16. The summed E-state index contributed by atoms with van der Waals surface area (Å²) >= 11 is 0. The molecule has 0 bridgehead atoms. The van der Waals surface area contributed by atoms with Crippen LogP contribution in [0.15, 0.2) is 54.6 Å². The molecule has 2 fully saturated rings. The van der Waals surface area contributed by atoms with Crippen LogP contribution in [-0.2, 0) is 20.9 Å². The topological polar surface area (TPSA) is 93.0 Å². The van der Waals surface area contributed by atoms with Gasteiger partial charge in [-0.05, 0) is 23.3 Å². The largest absolute Gasteiger partial charge is 0.457 e. The number of nitro benzene ring substituents is 1. The summed E-state index contributed by atoms with van der Waals surface area (Å²) in [6, 6.07) is 16.1. The Labute approximate surface area is 174 Å². The lowest BCUT2D eigenvalue weighted by atomic mass is 9.93. The summed E-state index contributed by atoms with van der Waals surface area (Å²) in [6.45, 7) is 3.58.